The van der Waals surface area contributed by atoms with Crippen molar-refractivity contribution in [3.05, 3.63) is 75.8 Å². The van der Waals surface area contributed by atoms with Gasteiger partial charge in [-0.25, -0.2) is 0 Å². The highest BCUT2D eigenvalue weighted by atomic mass is 32.1. The summed E-state index contributed by atoms with van der Waals surface area (Å²) in [6, 6.07) is 12.9. The molecule has 1 aliphatic rings. The van der Waals surface area contributed by atoms with Gasteiger partial charge >= 0.3 is 0 Å². The van der Waals surface area contributed by atoms with Crippen LogP contribution in [0.15, 0.2) is 59.9 Å². The minimum Gasteiger partial charge on any atom is -0.369 e. The van der Waals surface area contributed by atoms with Gasteiger partial charge in [-0.15, -0.1) is 6.58 Å². The minimum absolute atomic E-state index is 0.203. The molecule has 32 heavy (non-hydrogen) atoms. The number of benzene rings is 2. The lowest BCUT2D eigenvalue weighted by molar-refractivity contribution is 0.102. The molecule has 166 valence electrons. The van der Waals surface area contributed by atoms with Crippen LogP contribution >= 0.6 is 12.2 Å². The number of fused-ring (bicyclic) bond motifs is 1. The highest BCUT2D eigenvalue weighted by Gasteiger charge is 2.16. The summed E-state index contributed by atoms with van der Waals surface area (Å²) in [6.07, 6.45) is 1.62. The van der Waals surface area contributed by atoms with Crippen LogP contribution in [0.3, 0.4) is 0 Å². The Morgan fingerprint density at radius 2 is 1.88 bits per heavy atom. The Morgan fingerprint density at radius 3 is 2.53 bits per heavy atom. The molecule has 7 nitrogen and oxygen atoms in total. The molecule has 0 radical (unpaired) electrons. The lowest BCUT2D eigenvalue weighted by Crippen LogP contribution is -2.46. The quantitative estimate of drug-likeness (QED) is 0.444. The van der Waals surface area contributed by atoms with E-state index in [1.54, 1.807) is 24.3 Å². The number of carbonyl (C=O) groups excluding carboxylic acids is 1. The summed E-state index contributed by atoms with van der Waals surface area (Å²) in [6.45, 7) is 11.4. The van der Waals surface area contributed by atoms with E-state index in [1.807, 2.05) is 24.3 Å². The van der Waals surface area contributed by atoms with Crippen molar-refractivity contribution in [3.8, 4) is 0 Å². The van der Waals surface area contributed by atoms with Crippen LogP contribution in [0, 0.1) is 4.77 Å². The van der Waals surface area contributed by atoms with Crippen LogP contribution in [-0.2, 0) is 6.54 Å². The second-order valence-corrected chi connectivity index (χ2v) is 8.20. The first-order chi connectivity index (χ1) is 15.5. The molecule has 1 amide bonds. The number of carbonyl (C=O) groups is 1. The normalized spacial score (nSPS) is 14.5. The number of hydrogen-bond acceptors (Lipinski definition) is 5. The maximum Gasteiger partial charge on any atom is 0.262 e. The largest absolute Gasteiger partial charge is 0.369 e. The fourth-order valence-corrected chi connectivity index (χ4v) is 4.24. The smallest absolute Gasteiger partial charge is 0.262 e. The van der Waals surface area contributed by atoms with Gasteiger partial charge in [0.2, 0.25) is 0 Å². The van der Waals surface area contributed by atoms with Crippen LogP contribution in [0.5, 0.6) is 0 Å². The third-order valence-electron chi connectivity index (χ3n) is 5.87. The molecule has 0 bridgehead atoms. The number of nitrogens with zero attached hydrogens (tertiary/aromatic N) is 3. The van der Waals surface area contributed by atoms with Gasteiger partial charge in [0.25, 0.3) is 11.5 Å². The van der Waals surface area contributed by atoms with Gasteiger partial charge in [-0.1, -0.05) is 13.0 Å². The Labute approximate surface area is 192 Å². The van der Waals surface area contributed by atoms with E-state index in [0.717, 1.165) is 44.1 Å². The fraction of sp³-hybridized carbons (Fsp3) is 0.292. The van der Waals surface area contributed by atoms with Crippen LogP contribution in [0.25, 0.3) is 10.9 Å². The van der Waals surface area contributed by atoms with Crippen molar-refractivity contribution in [1.82, 2.24) is 14.5 Å². The Kier molecular flexibility index (Phi) is 6.53. The summed E-state index contributed by atoms with van der Waals surface area (Å²) in [4.78, 5) is 33.3. The standard InChI is InChI=1S/C24H27N5O2S/c1-3-11-29-23(31)20-10-5-17(16-21(20)26-24(29)32)22(30)25-18-6-8-19(9-7-18)28-14-12-27(4-2)13-15-28/h3,5-10,16H,1,4,11-15H2,2H3,(H,25,30)(H,26,32). The number of amides is 1. The maximum absolute atomic E-state index is 12.8. The van der Waals surface area contributed by atoms with E-state index in [0.29, 0.717) is 27.8 Å². The van der Waals surface area contributed by atoms with Crippen LogP contribution in [0.4, 0.5) is 11.4 Å². The lowest BCUT2D eigenvalue weighted by atomic mass is 10.1. The molecule has 2 heterocycles. The number of aromatic nitrogens is 2. The summed E-state index contributed by atoms with van der Waals surface area (Å²) >= 11 is 5.28. The van der Waals surface area contributed by atoms with Crippen molar-refractivity contribution in [1.29, 1.82) is 0 Å². The zero-order chi connectivity index (χ0) is 22.7. The molecule has 2 aromatic carbocycles. The summed E-state index contributed by atoms with van der Waals surface area (Å²) < 4.78 is 1.74. The van der Waals surface area contributed by atoms with E-state index in [9.17, 15) is 9.59 Å². The van der Waals surface area contributed by atoms with E-state index in [2.05, 4.69) is 33.6 Å². The number of anilines is 2. The van der Waals surface area contributed by atoms with Crippen molar-refractivity contribution < 1.29 is 4.79 Å². The molecule has 0 aliphatic carbocycles. The van der Waals surface area contributed by atoms with Crippen molar-refractivity contribution in [3.63, 3.8) is 0 Å². The molecule has 1 fully saturated rings. The molecule has 2 N–H and O–H groups in total. The fourth-order valence-electron chi connectivity index (χ4n) is 3.97. The Bertz CT molecular complexity index is 1250. The molecule has 0 saturated carbocycles. The Morgan fingerprint density at radius 1 is 1.16 bits per heavy atom. The van der Waals surface area contributed by atoms with Gasteiger partial charge in [0.1, 0.15) is 0 Å². The first-order valence-electron chi connectivity index (χ1n) is 10.8. The molecule has 0 unspecified atom stereocenters. The number of likely N-dealkylation sites (N-methyl/N-ethyl adjacent to an activating group) is 1. The molecule has 0 spiro atoms. The molecular weight excluding hydrogens is 422 g/mol. The van der Waals surface area contributed by atoms with Gasteiger partial charge in [0, 0.05) is 49.7 Å². The molecule has 1 saturated heterocycles. The van der Waals surface area contributed by atoms with Crippen LogP contribution in [0.2, 0.25) is 0 Å². The molecular formula is C24H27N5O2S. The topological polar surface area (TPSA) is 73.4 Å². The van der Waals surface area contributed by atoms with Crippen molar-refractivity contribution in [2.75, 3.05) is 42.9 Å². The minimum atomic E-state index is -0.245. The first-order valence-corrected chi connectivity index (χ1v) is 11.2. The molecule has 1 aromatic heterocycles. The second kappa shape index (κ2) is 9.50. The van der Waals surface area contributed by atoms with Gasteiger partial charge in [0.15, 0.2) is 4.77 Å². The van der Waals surface area contributed by atoms with E-state index in [1.165, 1.54) is 4.57 Å². The molecule has 4 rings (SSSR count). The molecule has 0 atom stereocenters. The van der Waals surface area contributed by atoms with Crippen LogP contribution in [0.1, 0.15) is 17.3 Å². The third-order valence-corrected chi connectivity index (χ3v) is 6.19. The zero-order valence-electron chi connectivity index (χ0n) is 18.1. The summed E-state index contributed by atoms with van der Waals surface area (Å²) in [5, 5.41) is 3.40. The predicted octanol–water partition coefficient (Wildman–Crippen LogP) is 3.64. The van der Waals surface area contributed by atoms with Crippen molar-refractivity contribution >= 4 is 40.4 Å². The van der Waals surface area contributed by atoms with Gasteiger partial charge in [-0.05, 0) is 61.2 Å². The Balaban J connectivity index is 1.49. The Hall–Kier alpha value is -3.23. The predicted molar refractivity (Wildman–Crippen MR) is 132 cm³/mol. The number of allylic oxidation sites excluding steroid dienone is 1. The average Bonchev–Trinajstić information content (AvgIpc) is 2.82. The zero-order valence-corrected chi connectivity index (χ0v) is 19.0. The lowest BCUT2D eigenvalue weighted by Gasteiger charge is -2.35. The maximum atomic E-state index is 12.8. The SMILES string of the molecule is C=CCn1c(=S)[nH]c2cc(C(=O)Nc3ccc(N4CCN(CC)CC4)cc3)ccc2c1=O. The number of hydrogen-bond donors (Lipinski definition) is 2. The van der Waals surface area contributed by atoms with E-state index >= 15 is 0 Å². The van der Waals surface area contributed by atoms with Gasteiger partial charge in [-0.2, -0.15) is 0 Å². The molecule has 3 aromatic rings. The number of piperazine rings is 1. The highest BCUT2D eigenvalue weighted by Crippen LogP contribution is 2.20. The third kappa shape index (κ3) is 4.51. The van der Waals surface area contributed by atoms with Gasteiger partial charge < -0.3 is 20.1 Å². The van der Waals surface area contributed by atoms with Gasteiger partial charge in [0.05, 0.1) is 10.9 Å². The van der Waals surface area contributed by atoms with E-state index in [4.69, 9.17) is 12.2 Å². The van der Waals surface area contributed by atoms with Crippen molar-refractivity contribution in [2.24, 2.45) is 0 Å². The van der Waals surface area contributed by atoms with E-state index < -0.39 is 0 Å². The first kappa shape index (κ1) is 22.0. The van der Waals surface area contributed by atoms with Crippen LogP contribution < -0.4 is 15.8 Å². The number of nitrogens with one attached hydrogen (secondary N) is 2. The second-order valence-electron chi connectivity index (χ2n) is 7.82. The average molecular weight is 450 g/mol. The van der Waals surface area contributed by atoms with E-state index in [-0.39, 0.29) is 11.5 Å². The van der Waals surface area contributed by atoms with Gasteiger partial charge in [-0.3, -0.25) is 14.2 Å². The molecule has 1 aliphatic heterocycles. The number of aromatic amines is 1. The van der Waals surface area contributed by atoms with Crippen LogP contribution in [-0.4, -0.2) is 53.1 Å². The summed E-state index contributed by atoms with van der Waals surface area (Å²) in [5.74, 6) is -0.245. The number of rotatable bonds is 6. The monoisotopic (exact) mass is 449 g/mol. The number of H-pyrrole nitrogens is 1. The molecule has 8 heteroatoms. The summed E-state index contributed by atoms with van der Waals surface area (Å²) in [5.41, 5.74) is 2.66. The van der Waals surface area contributed by atoms with Crippen molar-refractivity contribution in [2.45, 2.75) is 13.5 Å². The summed E-state index contributed by atoms with van der Waals surface area (Å²) in [7, 11) is 0. The highest BCUT2D eigenvalue weighted by molar-refractivity contribution is 7.71.